The molecule has 17 heavy (non-hydrogen) atoms. The Morgan fingerprint density at radius 1 is 0.941 bits per heavy atom. The molecule has 0 N–H and O–H groups in total. The summed E-state index contributed by atoms with van der Waals surface area (Å²) in [4.78, 5) is 0. The molecule has 1 fully saturated rings. The van der Waals surface area contributed by atoms with Crippen molar-refractivity contribution in [2.24, 2.45) is 35.5 Å². The molecule has 0 heteroatoms. The van der Waals surface area contributed by atoms with Crippen LogP contribution in [0.4, 0.5) is 0 Å². The maximum atomic E-state index is 2.46. The van der Waals surface area contributed by atoms with Crippen LogP contribution in [0, 0.1) is 35.5 Å². The first-order valence-corrected chi connectivity index (χ1v) is 7.93. The maximum absolute atomic E-state index is 2.46. The SMILES string of the molecule is CC(C)C(C)C(C)C(C)CCCCC1CC1C. The molecule has 1 saturated carbocycles. The van der Waals surface area contributed by atoms with Gasteiger partial charge < -0.3 is 0 Å². The summed E-state index contributed by atoms with van der Waals surface area (Å²) in [7, 11) is 0. The van der Waals surface area contributed by atoms with E-state index in [0.29, 0.717) is 0 Å². The second-order valence-corrected chi connectivity index (χ2v) is 7.20. The van der Waals surface area contributed by atoms with Crippen LogP contribution in [0.15, 0.2) is 0 Å². The third-order valence-corrected chi connectivity index (χ3v) is 5.54. The molecular weight excluding hydrogens is 204 g/mol. The zero-order chi connectivity index (χ0) is 13.0. The van der Waals surface area contributed by atoms with Gasteiger partial charge in [-0.05, 0) is 41.9 Å². The molecule has 0 radical (unpaired) electrons. The highest BCUT2D eigenvalue weighted by atomic mass is 14.4. The zero-order valence-corrected chi connectivity index (χ0v) is 13.0. The second-order valence-electron chi connectivity index (χ2n) is 7.20. The highest BCUT2D eigenvalue weighted by molar-refractivity contribution is 4.82. The molecule has 0 nitrogen and oxygen atoms in total. The van der Waals surface area contributed by atoms with Crippen LogP contribution < -0.4 is 0 Å². The van der Waals surface area contributed by atoms with Gasteiger partial charge in [0.2, 0.25) is 0 Å². The van der Waals surface area contributed by atoms with Crippen molar-refractivity contribution >= 4 is 0 Å². The fourth-order valence-electron chi connectivity index (χ4n) is 3.06. The molecule has 0 bridgehead atoms. The Bertz CT molecular complexity index is 206. The predicted octanol–water partition coefficient (Wildman–Crippen LogP) is 5.77. The van der Waals surface area contributed by atoms with E-state index >= 15 is 0 Å². The molecule has 1 aliphatic carbocycles. The van der Waals surface area contributed by atoms with Gasteiger partial charge in [0.05, 0.1) is 0 Å². The summed E-state index contributed by atoms with van der Waals surface area (Å²) in [5, 5.41) is 0. The molecule has 0 aromatic heterocycles. The van der Waals surface area contributed by atoms with E-state index in [1.807, 2.05) is 0 Å². The minimum atomic E-state index is 0.833. The van der Waals surface area contributed by atoms with Crippen LogP contribution in [0.5, 0.6) is 0 Å². The summed E-state index contributed by atoms with van der Waals surface area (Å²) in [6, 6.07) is 0. The van der Waals surface area contributed by atoms with E-state index in [9.17, 15) is 0 Å². The standard InChI is InChI=1S/C17H34/c1-12(2)15(5)16(6)13(3)9-7-8-10-17-11-14(17)4/h12-17H,7-11H2,1-6H3. The van der Waals surface area contributed by atoms with Crippen molar-refractivity contribution < 1.29 is 0 Å². The molecule has 0 aromatic carbocycles. The van der Waals surface area contributed by atoms with Crippen molar-refractivity contribution in [2.75, 3.05) is 0 Å². The normalized spacial score (nSPS) is 29.1. The molecule has 5 unspecified atom stereocenters. The van der Waals surface area contributed by atoms with Crippen molar-refractivity contribution in [1.29, 1.82) is 0 Å². The minimum Gasteiger partial charge on any atom is -0.0625 e. The van der Waals surface area contributed by atoms with Crippen molar-refractivity contribution in [2.45, 2.75) is 73.6 Å². The Labute approximate surface area is 110 Å². The first-order chi connectivity index (χ1) is 7.93. The van der Waals surface area contributed by atoms with Gasteiger partial charge in [0.15, 0.2) is 0 Å². The first-order valence-electron chi connectivity index (χ1n) is 7.93. The van der Waals surface area contributed by atoms with E-state index in [0.717, 1.165) is 35.5 Å². The summed E-state index contributed by atoms with van der Waals surface area (Å²) in [5.41, 5.74) is 0. The first kappa shape index (κ1) is 15.1. The minimum absolute atomic E-state index is 0.833. The van der Waals surface area contributed by atoms with E-state index in [4.69, 9.17) is 0 Å². The Morgan fingerprint density at radius 3 is 2.00 bits per heavy atom. The van der Waals surface area contributed by atoms with Gasteiger partial charge in [0.25, 0.3) is 0 Å². The average Bonchev–Trinajstić information content (AvgIpc) is 2.98. The number of hydrogen-bond acceptors (Lipinski definition) is 0. The van der Waals surface area contributed by atoms with Gasteiger partial charge >= 0.3 is 0 Å². The Morgan fingerprint density at radius 2 is 1.53 bits per heavy atom. The van der Waals surface area contributed by atoms with Gasteiger partial charge in [-0.15, -0.1) is 0 Å². The van der Waals surface area contributed by atoms with Crippen LogP contribution in [-0.4, -0.2) is 0 Å². The van der Waals surface area contributed by atoms with Gasteiger partial charge in [-0.1, -0.05) is 67.2 Å². The monoisotopic (exact) mass is 238 g/mol. The lowest BCUT2D eigenvalue weighted by Gasteiger charge is -2.29. The van der Waals surface area contributed by atoms with E-state index < -0.39 is 0 Å². The molecule has 0 spiro atoms. The third kappa shape index (κ3) is 5.02. The lowest BCUT2D eigenvalue weighted by Crippen LogP contribution is -2.20. The second kappa shape index (κ2) is 6.81. The number of rotatable bonds is 8. The van der Waals surface area contributed by atoms with E-state index in [2.05, 4.69) is 41.5 Å². The average molecular weight is 238 g/mol. The van der Waals surface area contributed by atoms with Crippen LogP contribution in [0.25, 0.3) is 0 Å². The van der Waals surface area contributed by atoms with Crippen molar-refractivity contribution in [1.82, 2.24) is 0 Å². The highest BCUT2D eigenvalue weighted by Crippen LogP contribution is 2.41. The molecule has 5 atom stereocenters. The Hall–Kier alpha value is 0. The highest BCUT2D eigenvalue weighted by Gasteiger charge is 2.31. The fraction of sp³-hybridized carbons (Fsp3) is 1.00. The van der Waals surface area contributed by atoms with Crippen molar-refractivity contribution in [3.05, 3.63) is 0 Å². The Balaban J connectivity index is 2.08. The van der Waals surface area contributed by atoms with Crippen LogP contribution in [0.1, 0.15) is 73.6 Å². The van der Waals surface area contributed by atoms with Crippen LogP contribution in [0.2, 0.25) is 0 Å². The maximum Gasteiger partial charge on any atom is -0.0386 e. The lowest BCUT2D eigenvalue weighted by atomic mass is 9.77. The summed E-state index contributed by atoms with van der Waals surface area (Å²) < 4.78 is 0. The largest absolute Gasteiger partial charge is 0.0625 e. The van der Waals surface area contributed by atoms with E-state index in [-0.39, 0.29) is 0 Å². The lowest BCUT2D eigenvalue weighted by molar-refractivity contribution is 0.211. The van der Waals surface area contributed by atoms with E-state index in [1.54, 1.807) is 0 Å². The molecule has 0 aromatic rings. The molecule has 1 aliphatic rings. The molecule has 0 amide bonds. The molecule has 0 heterocycles. The molecule has 1 rings (SSSR count). The van der Waals surface area contributed by atoms with Gasteiger partial charge in [0.1, 0.15) is 0 Å². The number of hydrogen-bond donors (Lipinski definition) is 0. The van der Waals surface area contributed by atoms with Crippen LogP contribution in [0.3, 0.4) is 0 Å². The van der Waals surface area contributed by atoms with Crippen molar-refractivity contribution in [3.8, 4) is 0 Å². The topological polar surface area (TPSA) is 0 Å². The smallest absolute Gasteiger partial charge is 0.0386 e. The van der Waals surface area contributed by atoms with Crippen LogP contribution in [-0.2, 0) is 0 Å². The summed E-state index contributed by atoms with van der Waals surface area (Å²) in [6.07, 6.45) is 7.39. The van der Waals surface area contributed by atoms with Gasteiger partial charge in [-0.2, -0.15) is 0 Å². The molecule has 102 valence electrons. The summed E-state index contributed by atoms with van der Waals surface area (Å²) >= 11 is 0. The zero-order valence-electron chi connectivity index (χ0n) is 13.0. The Kier molecular flexibility index (Phi) is 6.03. The summed E-state index contributed by atoms with van der Waals surface area (Å²) in [6.45, 7) is 14.5. The molecule has 0 aliphatic heterocycles. The van der Waals surface area contributed by atoms with Crippen molar-refractivity contribution in [3.63, 3.8) is 0 Å². The number of unbranched alkanes of at least 4 members (excludes halogenated alkanes) is 1. The fourth-order valence-corrected chi connectivity index (χ4v) is 3.06. The van der Waals surface area contributed by atoms with Gasteiger partial charge in [0, 0.05) is 0 Å². The third-order valence-electron chi connectivity index (χ3n) is 5.54. The van der Waals surface area contributed by atoms with Crippen LogP contribution >= 0.6 is 0 Å². The van der Waals surface area contributed by atoms with E-state index in [1.165, 1.54) is 32.1 Å². The van der Waals surface area contributed by atoms with Gasteiger partial charge in [-0.3, -0.25) is 0 Å². The summed E-state index contributed by atoms with van der Waals surface area (Å²) in [5.74, 6) is 5.64. The molecular formula is C17H34. The van der Waals surface area contributed by atoms with Gasteiger partial charge in [-0.25, -0.2) is 0 Å². The quantitative estimate of drug-likeness (QED) is 0.471. The molecule has 0 saturated heterocycles. The predicted molar refractivity (Wildman–Crippen MR) is 78.1 cm³/mol.